The first-order valence-corrected chi connectivity index (χ1v) is 7.54. The molecular formula is C17H26N2O3. The summed E-state index contributed by atoms with van der Waals surface area (Å²) >= 11 is 0. The lowest BCUT2D eigenvalue weighted by Gasteiger charge is -2.17. The third-order valence-corrected chi connectivity index (χ3v) is 3.42. The zero-order valence-electron chi connectivity index (χ0n) is 13.9. The Balaban J connectivity index is 2.55. The van der Waals surface area contributed by atoms with Gasteiger partial charge in [-0.3, -0.25) is 4.79 Å². The van der Waals surface area contributed by atoms with Gasteiger partial charge in [0.05, 0.1) is 14.2 Å². The van der Waals surface area contributed by atoms with Crippen LogP contribution in [0.4, 0.5) is 0 Å². The minimum Gasteiger partial charge on any atom is -0.497 e. The van der Waals surface area contributed by atoms with Crippen LogP contribution in [-0.4, -0.2) is 51.2 Å². The summed E-state index contributed by atoms with van der Waals surface area (Å²) in [6.45, 7) is 7.71. The van der Waals surface area contributed by atoms with Gasteiger partial charge in [-0.1, -0.05) is 13.8 Å². The van der Waals surface area contributed by atoms with Crippen LogP contribution in [0.3, 0.4) is 0 Å². The van der Waals surface area contributed by atoms with Crippen molar-refractivity contribution in [2.24, 2.45) is 0 Å². The van der Waals surface area contributed by atoms with E-state index in [1.807, 2.05) is 12.1 Å². The summed E-state index contributed by atoms with van der Waals surface area (Å²) in [6, 6.07) is 5.49. The molecule has 5 nitrogen and oxygen atoms in total. The van der Waals surface area contributed by atoms with Gasteiger partial charge in [-0.2, -0.15) is 0 Å². The molecule has 0 bridgehead atoms. The normalized spacial score (nSPS) is 11.0. The largest absolute Gasteiger partial charge is 0.497 e. The van der Waals surface area contributed by atoms with E-state index in [9.17, 15) is 4.79 Å². The molecule has 5 heteroatoms. The number of ether oxygens (including phenoxy) is 2. The van der Waals surface area contributed by atoms with Crippen LogP contribution in [-0.2, 0) is 4.79 Å². The number of amides is 1. The lowest BCUT2D eigenvalue weighted by atomic mass is 10.2. The van der Waals surface area contributed by atoms with E-state index >= 15 is 0 Å². The summed E-state index contributed by atoms with van der Waals surface area (Å²) in [7, 11) is 3.20. The van der Waals surface area contributed by atoms with Gasteiger partial charge in [-0.15, -0.1) is 0 Å². The number of methoxy groups -OCH3 is 2. The summed E-state index contributed by atoms with van der Waals surface area (Å²) in [5.41, 5.74) is 0.857. The molecule has 22 heavy (non-hydrogen) atoms. The summed E-state index contributed by atoms with van der Waals surface area (Å²) in [5, 5.41) is 2.88. The highest BCUT2D eigenvalue weighted by molar-refractivity contribution is 5.91. The van der Waals surface area contributed by atoms with E-state index in [1.165, 1.54) is 6.08 Å². The first kappa shape index (κ1) is 18.0. The number of hydrogen-bond donors (Lipinski definition) is 1. The van der Waals surface area contributed by atoms with Crippen molar-refractivity contribution in [1.29, 1.82) is 0 Å². The number of rotatable bonds is 9. The SMILES string of the molecule is CCN(CC)CCNC(=O)/C=C/c1cc(OC)cc(OC)c1. The van der Waals surface area contributed by atoms with E-state index in [0.717, 1.165) is 25.2 Å². The van der Waals surface area contributed by atoms with Crippen molar-refractivity contribution >= 4 is 12.0 Å². The molecule has 0 fully saturated rings. The molecule has 0 unspecified atom stereocenters. The van der Waals surface area contributed by atoms with E-state index < -0.39 is 0 Å². The maximum absolute atomic E-state index is 11.8. The molecule has 0 atom stereocenters. The zero-order valence-corrected chi connectivity index (χ0v) is 13.9. The Morgan fingerprint density at radius 1 is 1.14 bits per heavy atom. The number of likely N-dealkylation sites (N-methyl/N-ethyl adjacent to an activating group) is 1. The Morgan fingerprint density at radius 3 is 2.23 bits per heavy atom. The molecule has 0 saturated heterocycles. The van der Waals surface area contributed by atoms with Crippen LogP contribution in [0, 0.1) is 0 Å². The quantitative estimate of drug-likeness (QED) is 0.711. The minimum absolute atomic E-state index is 0.103. The molecular weight excluding hydrogens is 280 g/mol. The van der Waals surface area contributed by atoms with Crippen molar-refractivity contribution < 1.29 is 14.3 Å². The van der Waals surface area contributed by atoms with Gasteiger partial charge in [-0.05, 0) is 36.9 Å². The monoisotopic (exact) mass is 306 g/mol. The van der Waals surface area contributed by atoms with Crippen molar-refractivity contribution in [3.8, 4) is 11.5 Å². The van der Waals surface area contributed by atoms with Crippen LogP contribution in [0.25, 0.3) is 6.08 Å². The molecule has 0 aromatic heterocycles. The molecule has 0 aliphatic rings. The number of nitrogens with one attached hydrogen (secondary N) is 1. The fourth-order valence-corrected chi connectivity index (χ4v) is 2.03. The zero-order chi connectivity index (χ0) is 16.4. The van der Waals surface area contributed by atoms with Crippen molar-refractivity contribution in [3.63, 3.8) is 0 Å². The predicted molar refractivity (Wildman–Crippen MR) is 89.4 cm³/mol. The van der Waals surface area contributed by atoms with E-state index in [4.69, 9.17) is 9.47 Å². The van der Waals surface area contributed by atoms with Gasteiger partial charge >= 0.3 is 0 Å². The third kappa shape index (κ3) is 6.18. The molecule has 0 saturated carbocycles. The number of hydrogen-bond acceptors (Lipinski definition) is 4. The second-order valence-corrected chi connectivity index (χ2v) is 4.80. The molecule has 122 valence electrons. The number of carbonyl (C=O) groups is 1. The fourth-order valence-electron chi connectivity index (χ4n) is 2.03. The average Bonchev–Trinajstić information content (AvgIpc) is 2.56. The molecule has 0 aliphatic heterocycles. The van der Waals surface area contributed by atoms with Crippen molar-refractivity contribution in [2.75, 3.05) is 40.4 Å². The highest BCUT2D eigenvalue weighted by atomic mass is 16.5. The second-order valence-electron chi connectivity index (χ2n) is 4.80. The van der Waals surface area contributed by atoms with Crippen LogP contribution in [0.1, 0.15) is 19.4 Å². The van der Waals surface area contributed by atoms with Gasteiger partial charge < -0.3 is 19.7 Å². The fraction of sp³-hybridized carbons (Fsp3) is 0.471. The van der Waals surface area contributed by atoms with E-state index in [2.05, 4.69) is 24.1 Å². The molecule has 0 aliphatic carbocycles. The molecule has 0 heterocycles. The van der Waals surface area contributed by atoms with Gasteiger partial charge in [0.1, 0.15) is 11.5 Å². The molecule has 1 N–H and O–H groups in total. The highest BCUT2D eigenvalue weighted by Crippen LogP contribution is 2.23. The first-order valence-electron chi connectivity index (χ1n) is 7.54. The van der Waals surface area contributed by atoms with Crippen molar-refractivity contribution in [3.05, 3.63) is 29.8 Å². The van der Waals surface area contributed by atoms with E-state index in [-0.39, 0.29) is 5.91 Å². The highest BCUT2D eigenvalue weighted by Gasteiger charge is 2.02. The Kier molecular flexibility index (Phi) is 8.07. The first-order chi connectivity index (χ1) is 10.6. The van der Waals surface area contributed by atoms with Gasteiger partial charge in [-0.25, -0.2) is 0 Å². The standard InChI is InChI=1S/C17H26N2O3/c1-5-19(6-2)10-9-18-17(20)8-7-14-11-15(21-3)13-16(12-14)22-4/h7-8,11-13H,5-6,9-10H2,1-4H3,(H,18,20)/b8-7+. The maximum Gasteiger partial charge on any atom is 0.244 e. The number of nitrogens with zero attached hydrogens (tertiary/aromatic N) is 1. The molecule has 1 aromatic rings. The number of carbonyl (C=O) groups excluding carboxylic acids is 1. The van der Waals surface area contributed by atoms with Crippen LogP contribution in [0.15, 0.2) is 24.3 Å². The second kappa shape index (κ2) is 9.84. The summed E-state index contributed by atoms with van der Waals surface area (Å²) in [5.74, 6) is 1.29. The van der Waals surface area contributed by atoms with Crippen LogP contribution in [0.5, 0.6) is 11.5 Å². The smallest absolute Gasteiger partial charge is 0.244 e. The van der Waals surface area contributed by atoms with Gasteiger partial charge in [0, 0.05) is 25.2 Å². The van der Waals surface area contributed by atoms with Gasteiger partial charge in [0.25, 0.3) is 0 Å². The Labute approximate surface area is 132 Å². The van der Waals surface area contributed by atoms with Gasteiger partial charge in [0.2, 0.25) is 5.91 Å². The molecule has 1 rings (SSSR count). The van der Waals surface area contributed by atoms with Crippen LogP contribution >= 0.6 is 0 Å². The number of benzene rings is 1. The summed E-state index contributed by atoms with van der Waals surface area (Å²) in [6.07, 6.45) is 3.27. The van der Waals surface area contributed by atoms with Crippen LogP contribution in [0.2, 0.25) is 0 Å². The Morgan fingerprint density at radius 2 is 1.73 bits per heavy atom. The van der Waals surface area contributed by atoms with Crippen LogP contribution < -0.4 is 14.8 Å². The Hall–Kier alpha value is -2.01. The molecule has 1 aromatic carbocycles. The van der Waals surface area contributed by atoms with Crippen molar-refractivity contribution in [2.45, 2.75) is 13.8 Å². The van der Waals surface area contributed by atoms with E-state index in [0.29, 0.717) is 18.0 Å². The minimum atomic E-state index is -0.103. The maximum atomic E-state index is 11.8. The van der Waals surface area contributed by atoms with Gasteiger partial charge in [0.15, 0.2) is 0 Å². The molecule has 1 amide bonds. The molecule has 0 radical (unpaired) electrons. The topological polar surface area (TPSA) is 50.8 Å². The third-order valence-electron chi connectivity index (χ3n) is 3.42. The summed E-state index contributed by atoms with van der Waals surface area (Å²) in [4.78, 5) is 14.1. The summed E-state index contributed by atoms with van der Waals surface area (Å²) < 4.78 is 10.4. The lowest BCUT2D eigenvalue weighted by Crippen LogP contribution is -2.34. The Bertz CT molecular complexity index is 474. The predicted octanol–water partition coefficient (Wildman–Crippen LogP) is 2.17. The van der Waals surface area contributed by atoms with E-state index in [1.54, 1.807) is 26.4 Å². The lowest BCUT2D eigenvalue weighted by molar-refractivity contribution is -0.116. The van der Waals surface area contributed by atoms with Crippen molar-refractivity contribution in [1.82, 2.24) is 10.2 Å². The average molecular weight is 306 g/mol. The molecule has 0 spiro atoms.